The number of benzene rings is 1. The number of aryl methyl sites for hydroxylation is 1. The van der Waals surface area contributed by atoms with Gasteiger partial charge < -0.3 is 16.2 Å². The van der Waals surface area contributed by atoms with E-state index in [1.807, 2.05) is 12.1 Å². The first kappa shape index (κ1) is 13.1. The minimum Gasteiger partial charge on any atom is -0.385 e. The predicted octanol–water partition coefficient (Wildman–Crippen LogP) is 1.88. The molecule has 1 aromatic carbocycles. The van der Waals surface area contributed by atoms with Gasteiger partial charge in [-0.2, -0.15) is 0 Å². The summed E-state index contributed by atoms with van der Waals surface area (Å²) in [4.78, 5) is 4.44. The van der Waals surface area contributed by atoms with Crippen LogP contribution in [0.15, 0.2) is 23.2 Å². The number of hydrogen-bond acceptors (Lipinski definition) is 3. The van der Waals surface area contributed by atoms with Crippen molar-refractivity contribution in [3.05, 3.63) is 29.3 Å². The Balaban J connectivity index is 2.20. The molecule has 1 atom stereocenters. The molecule has 98 valence electrons. The van der Waals surface area contributed by atoms with Gasteiger partial charge in [-0.1, -0.05) is 13.0 Å². The second kappa shape index (κ2) is 5.98. The number of nitrogens with zero attached hydrogens (tertiary/aromatic N) is 1. The van der Waals surface area contributed by atoms with E-state index in [4.69, 9.17) is 16.2 Å². The Labute approximate surface area is 108 Å². The van der Waals surface area contributed by atoms with Crippen molar-refractivity contribution in [2.24, 2.45) is 16.5 Å². The molecule has 1 unspecified atom stereocenters. The fraction of sp³-hybridized carbons (Fsp3) is 0.500. The van der Waals surface area contributed by atoms with E-state index in [-0.39, 0.29) is 6.10 Å². The molecular weight excluding hydrogens is 226 g/mol. The molecule has 2 rings (SSSR count). The lowest BCUT2D eigenvalue weighted by Gasteiger charge is -2.10. The molecular formula is C14H21N3O. The highest BCUT2D eigenvalue weighted by Crippen LogP contribution is 2.20. The van der Waals surface area contributed by atoms with E-state index in [2.05, 4.69) is 18.0 Å². The maximum atomic E-state index is 5.97. The Morgan fingerprint density at radius 2 is 2.28 bits per heavy atom. The van der Waals surface area contributed by atoms with E-state index in [1.165, 1.54) is 5.56 Å². The largest absolute Gasteiger partial charge is 0.385 e. The Hall–Kier alpha value is -1.39. The molecule has 0 amide bonds. The number of hydrogen-bond donors (Lipinski definition) is 2. The van der Waals surface area contributed by atoms with Crippen LogP contribution in [0.4, 0.5) is 5.69 Å². The number of amidine groups is 1. The van der Waals surface area contributed by atoms with Crippen LogP contribution in [0, 0.1) is 0 Å². The maximum absolute atomic E-state index is 5.97. The Morgan fingerprint density at radius 1 is 1.44 bits per heavy atom. The number of rotatable bonds is 4. The first-order valence-corrected chi connectivity index (χ1v) is 6.52. The van der Waals surface area contributed by atoms with Gasteiger partial charge in [0.15, 0.2) is 0 Å². The molecule has 1 fully saturated rings. The zero-order valence-corrected chi connectivity index (χ0v) is 10.9. The normalized spacial score (nSPS) is 20.3. The first-order valence-electron chi connectivity index (χ1n) is 6.52. The monoisotopic (exact) mass is 247 g/mol. The van der Waals surface area contributed by atoms with Crippen LogP contribution < -0.4 is 11.5 Å². The maximum Gasteiger partial charge on any atom is 0.129 e. The molecule has 0 bridgehead atoms. The van der Waals surface area contributed by atoms with Crippen molar-refractivity contribution in [2.75, 3.05) is 6.61 Å². The zero-order chi connectivity index (χ0) is 13.0. The van der Waals surface area contributed by atoms with Crippen molar-refractivity contribution < 1.29 is 4.74 Å². The first-order chi connectivity index (χ1) is 8.74. The van der Waals surface area contributed by atoms with Crippen LogP contribution in [0.25, 0.3) is 0 Å². The highest BCUT2D eigenvalue weighted by Gasteiger charge is 2.19. The molecule has 1 aliphatic heterocycles. The highest BCUT2D eigenvalue weighted by atomic mass is 16.5. The molecule has 1 saturated heterocycles. The van der Waals surface area contributed by atoms with Crippen LogP contribution in [0.5, 0.6) is 0 Å². The smallest absolute Gasteiger partial charge is 0.129 e. The number of aliphatic imine (C=N–C) groups is 1. The third-order valence-corrected chi connectivity index (χ3v) is 3.31. The molecule has 4 heteroatoms. The Morgan fingerprint density at radius 3 is 2.89 bits per heavy atom. The molecule has 0 aliphatic carbocycles. The van der Waals surface area contributed by atoms with Crippen LogP contribution in [0.2, 0.25) is 0 Å². The van der Waals surface area contributed by atoms with Crippen molar-refractivity contribution in [2.45, 2.75) is 38.8 Å². The van der Waals surface area contributed by atoms with Crippen LogP contribution in [-0.4, -0.2) is 18.5 Å². The minimum atomic E-state index is -0.0165. The summed E-state index contributed by atoms with van der Waals surface area (Å²) >= 11 is 0. The quantitative estimate of drug-likeness (QED) is 0.630. The van der Waals surface area contributed by atoms with E-state index >= 15 is 0 Å². The van der Waals surface area contributed by atoms with Gasteiger partial charge in [-0.3, -0.25) is 0 Å². The fourth-order valence-electron chi connectivity index (χ4n) is 2.25. The van der Waals surface area contributed by atoms with Gasteiger partial charge in [0.05, 0.1) is 5.69 Å². The summed E-state index contributed by atoms with van der Waals surface area (Å²) in [5.74, 6) is 0.569. The molecule has 1 aromatic rings. The number of ether oxygens (including phenoxy) is 1. The third kappa shape index (κ3) is 2.89. The van der Waals surface area contributed by atoms with E-state index in [0.717, 1.165) is 37.1 Å². The van der Waals surface area contributed by atoms with Gasteiger partial charge in [0, 0.05) is 13.2 Å². The molecule has 1 aliphatic rings. The van der Waals surface area contributed by atoms with Crippen molar-refractivity contribution in [3.63, 3.8) is 0 Å². The Bertz CT molecular complexity index is 437. The molecule has 0 aromatic heterocycles. The predicted molar refractivity (Wildman–Crippen MR) is 74.0 cm³/mol. The van der Waals surface area contributed by atoms with Crippen LogP contribution in [0.1, 0.15) is 30.9 Å². The average Bonchev–Trinajstić information content (AvgIpc) is 2.92. The number of nitrogens with two attached hydrogens (primary N) is 2. The van der Waals surface area contributed by atoms with E-state index in [0.29, 0.717) is 12.4 Å². The van der Waals surface area contributed by atoms with Crippen LogP contribution in [-0.2, 0) is 17.7 Å². The lowest BCUT2D eigenvalue weighted by Crippen LogP contribution is -2.27. The van der Waals surface area contributed by atoms with Crippen LogP contribution >= 0.6 is 0 Å². The highest BCUT2D eigenvalue weighted by molar-refractivity contribution is 5.87. The summed E-state index contributed by atoms with van der Waals surface area (Å²) in [7, 11) is 0. The Kier molecular flexibility index (Phi) is 4.33. The minimum absolute atomic E-state index is 0.0165. The van der Waals surface area contributed by atoms with E-state index in [1.54, 1.807) is 0 Å². The van der Waals surface area contributed by atoms with Crippen molar-refractivity contribution in [3.8, 4) is 0 Å². The van der Waals surface area contributed by atoms with Crippen molar-refractivity contribution in [1.82, 2.24) is 0 Å². The van der Waals surface area contributed by atoms with Gasteiger partial charge in [-0.15, -0.1) is 0 Å². The summed E-state index contributed by atoms with van der Waals surface area (Å²) in [5, 5.41) is 0. The second-order valence-corrected chi connectivity index (χ2v) is 4.55. The molecule has 0 radical (unpaired) electrons. The van der Waals surface area contributed by atoms with E-state index < -0.39 is 0 Å². The summed E-state index contributed by atoms with van der Waals surface area (Å²) in [6, 6.07) is 6.07. The molecule has 4 nitrogen and oxygen atoms in total. The molecule has 0 spiro atoms. The molecule has 0 saturated carbocycles. The van der Waals surface area contributed by atoms with Gasteiger partial charge in [0.25, 0.3) is 0 Å². The van der Waals surface area contributed by atoms with Gasteiger partial charge in [-0.05, 0) is 42.5 Å². The fourth-order valence-corrected chi connectivity index (χ4v) is 2.25. The SMILES string of the molecule is CCc1ccc(N=C(N)C2CCCO2)cc1CN. The van der Waals surface area contributed by atoms with Gasteiger partial charge >= 0.3 is 0 Å². The zero-order valence-electron chi connectivity index (χ0n) is 10.9. The second-order valence-electron chi connectivity index (χ2n) is 4.55. The standard InChI is InChI=1S/C14H21N3O/c1-2-10-5-6-12(8-11(10)9-15)17-14(16)13-4-3-7-18-13/h5-6,8,13H,2-4,7,9,15H2,1H3,(H2,16,17). The topological polar surface area (TPSA) is 73.6 Å². The summed E-state index contributed by atoms with van der Waals surface area (Å²) in [6.45, 7) is 3.44. The summed E-state index contributed by atoms with van der Waals surface area (Å²) < 4.78 is 5.51. The van der Waals surface area contributed by atoms with Gasteiger partial charge in [0.2, 0.25) is 0 Å². The van der Waals surface area contributed by atoms with Gasteiger partial charge in [-0.25, -0.2) is 4.99 Å². The molecule has 1 heterocycles. The third-order valence-electron chi connectivity index (χ3n) is 3.31. The van der Waals surface area contributed by atoms with Crippen molar-refractivity contribution in [1.29, 1.82) is 0 Å². The average molecular weight is 247 g/mol. The van der Waals surface area contributed by atoms with Crippen molar-refractivity contribution >= 4 is 11.5 Å². The summed E-state index contributed by atoms with van der Waals surface area (Å²) in [5.41, 5.74) is 15.0. The summed E-state index contributed by atoms with van der Waals surface area (Å²) in [6.07, 6.45) is 2.99. The molecule has 18 heavy (non-hydrogen) atoms. The lowest BCUT2D eigenvalue weighted by molar-refractivity contribution is 0.157. The van der Waals surface area contributed by atoms with Crippen LogP contribution in [0.3, 0.4) is 0 Å². The van der Waals surface area contributed by atoms with Gasteiger partial charge in [0.1, 0.15) is 11.9 Å². The van der Waals surface area contributed by atoms with E-state index in [9.17, 15) is 0 Å². The lowest BCUT2D eigenvalue weighted by atomic mass is 10.0. The molecule has 4 N–H and O–H groups in total.